The van der Waals surface area contributed by atoms with Crippen LogP contribution in [-0.4, -0.2) is 50.2 Å². The molecule has 1 aliphatic heterocycles. The number of hydrogen-bond acceptors (Lipinski definition) is 8. The molecule has 8 nitrogen and oxygen atoms in total. The lowest BCUT2D eigenvalue weighted by atomic mass is 10.0. The highest BCUT2D eigenvalue weighted by Crippen LogP contribution is 2.43. The number of halogens is 4. The Morgan fingerprint density at radius 1 is 1.21 bits per heavy atom. The van der Waals surface area contributed by atoms with Crippen LogP contribution in [0.5, 0.6) is 11.6 Å². The van der Waals surface area contributed by atoms with E-state index < -0.39 is 28.7 Å². The maximum absolute atomic E-state index is 15.5. The van der Waals surface area contributed by atoms with Gasteiger partial charge in [-0.15, -0.1) is 11.3 Å². The Bertz CT molecular complexity index is 1510. The number of anilines is 2. The molecule has 0 aliphatic carbocycles. The third-order valence-corrected chi connectivity index (χ3v) is 7.94. The second-order valence-corrected chi connectivity index (χ2v) is 11.0. The fraction of sp³-hybridized carbons (Fsp3) is 0.320. The van der Waals surface area contributed by atoms with Crippen LogP contribution in [0.2, 0.25) is 0 Å². The van der Waals surface area contributed by atoms with Gasteiger partial charge in [-0.05, 0) is 32.4 Å². The largest absolute Gasteiger partial charge is 0.436 e. The molecule has 2 aromatic carbocycles. The molecule has 3 N–H and O–H groups in total. The topological polar surface area (TPSA) is 101 Å². The van der Waals surface area contributed by atoms with Crippen LogP contribution in [0.4, 0.5) is 29.2 Å². The normalized spacial score (nSPS) is 16.7. The number of aromatic nitrogens is 3. The van der Waals surface area contributed by atoms with Crippen LogP contribution >= 0.6 is 11.3 Å². The quantitative estimate of drug-likeness (QED) is 0.227. The Morgan fingerprint density at radius 3 is 2.74 bits per heavy atom. The minimum Gasteiger partial charge on any atom is -0.436 e. The van der Waals surface area contributed by atoms with E-state index in [1.807, 2.05) is 0 Å². The van der Waals surface area contributed by atoms with E-state index in [0.29, 0.717) is 21.9 Å². The molecular weight excluding hydrogens is 556 g/mol. The van der Waals surface area contributed by atoms with Crippen molar-refractivity contribution in [2.24, 2.45) is 0 Å². The van der Waals surface area contributed by atoms with Gasteiger partial charge >= 0.3 is 6.18 Å². The first-order valence-electron chi connectivity index (χ1n) is 12.0. The summed E-state index contributed by atoms with van der Waals surface area (Å²) in [6.45, 7) is 3.23. The Kier molecular flexibility index (Phi) is 7.96. The molecule has 0 saturated carbocycles. The van der Waals surface area contributed by atoms with Crippen LogP contribution in [0.1, 0.15) is 18.4 Å². The van der Waals surface area contributed by atoms with E-state index in [1.54, 1.807) is 36.0 Å². The number of nitrogens with zero attached hydrogens (tertiary/aromatic N) is 3. The van der Waals surface area contributed by atoms with E-state index in [0.717, 1.165) is 25.9 Å². The number of ether oxygens (including phenoxy) is 1. The number of alkyl halides is 3. The zero-order valence-corrected chi connectivity index (χ0v) is 22.3. The van der Waals surface area contributed by atoms with Gasteiger partial charge in [0.05, 0.1) is 16.9 Å². The SMILES string of the molecule is Cc1c(F)c(NS(=O)CC(F)(F)F)c2ccccc2c1Oc1ncsc1-c1ccnc(NC2CCCNC2)n1. The number of benzene rings is 2. The predicted octanol–water partition coefficient (Wildman–Crippen LogP) is 5.79. The lowest BCUT2D eigenvalue weighted by molar-refractivity contribution is -0.105. The smallest absolute Gasteiger partial charge is 0.402 e. The van der Waals surface area contributed by atoms with Gasteiger partial charge in [0.1, 0.15) is 27.4 Å². The van der Waals surface area contributed by atoms with Gasteiger partial charge < -0.3 is 20.1 Å². The van der Waals surface area contributed by atoms with Gasteiger partial charge in [0.15, 0.2) is 5.82 Å². The predicted molar refractivity (Wildman–Crippen MR) is 144 cm³/mol. The molecule has 1 fully saturated rings. The molecule has 2 unspecified atom stereocenters. The summed E-state index contributed by atoms with van der Waals surface area (Å²) in [4.78, 5) is 13.9. The molecule has 1 saturated heterocycles. The molecule has 0 amide bonds. The fourth-order valence-corrected chi connectivity index (χ4v) is 5.80. The summed E-state index contributed by atoms with van der Waals surface area (Å²) in [5, 5.41) is 7.30. The summed E-state index contributed by atoms with van der Waals surface area (Å²) >= 11 is 1.29. The van der Waals surface area contributed by atoms with Gasteiger partial charge in [-0.2, -0.15) is 13.2 Å². The standard InChI is InChI=1S/C25H24F4N6O2S2/c1-14-19(26)20(35-39(36)12-25(27,28)29)16-6-2-3-7-17(16)21(14)37-23-22(38-13-32-23)18-8-10-31-24(34-18)33-15-5-4-9-30-11-15/h2-3,6-8,10,13,15,30,35H,4-5,9,11-12H2,1H3,(H,31,33,34). The molecule has 2 atom stereocenters. The highest BCUT2D eigenvalue weighted by atomic mass is 32.2. The van der Waals surface area contributed by atoms with Gasteiger partial charge in [-0.3, -0.25) is 0 Å². The van der Waals surface area contributed by atoms with E-state index in [4.69, 9.17) is 4.74 Å². The first kappa shape index (κ1) is 27.2. The van der Waals surface area contributed by atoms with Crippen LogP contribution in [0.3, 0.4) is 0 Å². The van der Waals surface area contributed by atoms with E-state index in [9.17, 15) is 17.4 Å². The second kappa shape index (κ2) is 11.4. The number of fused-ring (bicyclic) bond motifs is 1. The van der Waals surface area contributed by atoms with Crippen molar-refractivity contribution in [3.63, 3.8) is 0 Å². The third-order valence-electron chi connectivity index (χ3n) is 6.09. The molecule has 1 aliphatic rings. The molecule has 206 valence electrons. The summed E-state index contributed by atoms with van der Waals surface area (Å²) in [5.74, 6) is -1.69. The highest BCUT2D eigenvalue weighted by molar-refractivity contribution is 7.86. The molecule has 14 heteroatoms. The molecular formula is C25H24F4N6O2S2. The number of thiazole rings is 1. The first-order chi connectivity index (χ1) is 18.7. The van der Waals surface area contributed by atoms with Crippen molar-refractivity contribution in [1.29, 1.82) is 0 Å². The number of rotatable bonds is 8. The van der Waals surface area contributed by atoms with Crippen molar-refractivity contribution in [3.8, 4) is 22.2 Å². The van der Waals surface area contributed by atoms with Crippen LogP contribution < -0.4 is 20.1 Å². The lowest BCUT2D eigenvalue weighted by Crippen LogP contribution is -2.38. The van der Waals surface area contributed by atoms with Crippen LogP contribution in [0, 0.1) is 12.7 Å². The van der Waals surface area contributed by atoms with E-state index in [1.165, 1.54) is 24.3 Å². The van der Waals surface area contributed by atoms with Crippen molar-refractivity contribution in [2.45, 2.75) is 32.0 Å². The average Bonchev–Trinajstić information content (AvgIpc) is 3.37. The lowest BCUT2D eigenvalue weighted by Gasteiger charge is -2.23. The van der Waals surface area contributed by atoms with Crippen molar-refractivity contribution >= 4 is 44.7 Å². The third kappa shape index (κ3) is 6.28. The Morgan fingerprint density at radius 2 is 2.00 bits per heavy atom. The average molecular weight is 581 g/mol. The van der Waals surface area contributed by atoms with Gasteiger partial charge in [-0.1, -0.05) is 24.3 Å². The zero-order chi connectivity index (χ0) is 27.6. The van der Waals surface area contributed by atoms with Gasteiger partial charge in [0.25, 0.3) is 0 Å². The minimum atomic E-state index is -4.67. The molecule has 2 aromatic heterocycles. The molecule has 0 bridgehead atoms. The number of hydrogen-bond donors (Lipinski definition) is 3. The molecule has 4 aromatic rings. The maximum atomic E-state index is 15.5. The molecule has 3 heterocycles. The summed E-state index contributed by atoms with van der Waals surface area (Å²) in [6.07, 6.45) is -0.984. The first-order valence-corrected chi connectivity index (χ1v) is 14.2. The Hall–Kier alpha value is -3.36. The van der Waals surface area contributed by atoms with Gasteiger partial charge in [0, 0.05) is 35.1 Å². The van der Waals surface area contributed by atoms with E-state index >= 15 is 4.39 Å². The summed E-state index contributed by atoms with van der Waals surface area (Å²) in [7, 11) is -2.58. The van der Waals surface area contributed by atoms with Crippen LogP contribution in [0.25, 0.3) is 21.3 Å². The Balaban J connectivity index is 1.46. The van der Waals surface area contributed by atoms with Crippen molar-refractivity contribution in [2.75, 3.05) is 28.9 Å². The highest BCUT2D eigenvalue weighted by Gasteiger charge is 2.32. The molecule has 39 heavy (non-hydrogen) atoms. The minimum absolute atomic E-state index is 0.0222. The van der Waals surface area contributed by atoms with E-state index in [-0.39, 0.29) is 34.3 Å². The van der Waals surface area contributed by atoms with E-state index in [2.05, 4.69) is 30.3 Å². The van der Waals surface area contributed by atoms with Crippen molar-refractivity contribution < 1.29 is 26.5 Å². The van der Waals surface area contributed by atoms with Crippen LogP contribution in [-0.2, 0) is 11.0 Å². The maximum Gasteiger partial charge on any atom is 0.402 e. The summed E-state index contributed by atoms with van der Waals surface area (Å²) in [6, 6.07) is 8.38. The molecule has 0 spiro atoms. The summed E-state index contributed by atoms with van der Waals surface area (Å²) in [5.41, 5.74) is 1.88. The van der Waals surface area contributed by atoms with Gasteiger partial charge in [0.2, 0.25) is 11.8 Å². The molecule has 5 rings (SSSR count). The van der Waals surface area contributed by atoms with Crippen molar-refractivity contribution in [3.05, 3.63) is 53.4 Å². The zero-order valence-electron chi connectivity index (χ0n) is 20.6. The fourth-order valence-electron chi connectivity index (χ4n) is 4.32. The van der Waals surface area contributed by atoms with Crippen LogP contribution in [0.15, 0.2) is 42.0 Å². The summed E-state index contributed by atoms with van der Waals surface area (Å²) < 4.78 is 74.1. The monoisotopic (exact) mass is 580 g/mol. The number of nitrogens with one attached hydrogen (secondary N) is 3. The second-order valence-electron chi connectivity index (χ2n) is 8.94. The molecule has 0 radical (unpaired) electrons. The van der Waals surface area contributed by atoms with Crippen molar-refractivity contribution in [1.82, 2.24) is 20.3 Å². The van der Waals surface area contributed by atoms with Gasteiger partial charge in [-0.25, -0.2) is 23.6 Å². The number of piperidine rings is 1. The Labute approximate surface area is 227 Å².